The molecule has 4 fully saturated rings. The minimum atomic E-state index is -3.55. The zero-order valence-electron chi connectivity index (χ0n) is 8.52. The molecule has 0 unspecified atom stereocenters. The van der Waals surface area contributed by atoms with E-state index in [1.54, 1.807) is 0 Å². The topological polar surface area (TPSA) is 46.2 Å². The molecule has 0 radical (unpaired) electrons. The molecule has 0 aliphatic heterocycles. The third-order valence-electron chi connectivity index (χ3n) is 4.50. The molecule has 0 spiro atoms. The number of nitrogens with one attached hydrogen (secondary N) is 1. The first-order chi connectivity index (χ1) is 7.01. The average molecular weight is 250 g/mol. The van der Waals surface area contributed by atoms with E-state index in [0.717, 1.165) is 11.8 Å². The Kier molecular flexibility index (Phi) is 2.31. The maximum atomic E-state index is 11.1. The third kappa shape index (κ3) is 1.92. The molecule has 4 rings (SSSR count). The quantitative estimate of drug-likeness (QED) is 0.760. The van der Waals surface area contributed by atoms with Crippen molar-refractivity contribution in [3.05, 3.63) is 0 Å². The van der Waals surface area contributed by atoms with Crippen molar-refractivity contribution < 1.29 is 8.42 Å². The molecule has 1 N–H and O–H groups in total. The summed E-state index contributed by atoms with van der Waals surface area (Å²) >= 11 is 0. The van der Waals surface area contributed by atoms with Crippen LogP contribution in [0.1, 0.15) is 32.1 Å². The maximum absolute atomic E-state index is 11.1. The number of halogens is 1. The highest BCUT2D eigenvalue weighted by Gasteiger charge is 2.48. The smallest absolute Gasteiger partial charge is 0.198 e. The Morgan fingerprint density at radius 1 is 0.933 bits per heavy atom. The monoisotopic (exact) mass is 249 g/mol. The predicted octanol–water partition coefficient (Wildman–Crippen LogP) is 1.88. The Balaban J connectivity index is 1.80. The van der Waals surface area contributed by atoms with E-state index in [4.69, 9.17) is 10.7 Å². The molecule has 0 aromatic heterocycles. The first-order valence-corrected chi connectivity index (χ1v) is 8.04. The van der Waals surface area contributed by atoms with Gasteiger partial charge in [0.05, 0.1) is 0 Å². The van der Waals surface area contributed by atoms with Crippen LogP contribution in [0.3, 0.4) is 0 Å². The molecule has 0 atom stereocenters. The summed E-state index contributed by atoms with van der Waals surface area (Å²) < 4.78 is 24.8. The van der Waals surface area contributed by atoms with Gasteiger partial charge < -0.3 is 0 Å². The van der Waals surface area contributed by atoms with Gasteiger partial charge in [-0.15, -0.1) is 0 Å². The van der Waals surface area contributed by atoms with Crippen LogP contribution in [0.4, 0.5) is 0 Å². The van der Waals surface area contributed by atoms with Gasteiger partial charge in [-0.25, -0.2) is 0 Å². The van der Waals surface area contributed by atoms with Crippen LogP contribution in [0.2, 0.25) is 0 Å². The second-order valence-electron chi connectivity index (χ2n) is 5.51. The lowest BCUT2D eigenvalue weighted by Gasteiger charge is -2.54. The summed E-state index contributed by atoms with van der Waals surface area (Å²) in [4.78, 5) is 0. The lowest BCUT2D eigenvalue weighted by molar-refractivity contribution is -0.00536. The highest BCUT2D eigenvalue weighted by molar-refractivity contribution is 8.12. The standard InChI is InChI=1S/C10H16ClNO2S/c11-15(13,14)12-10-8-2-6-1-7(4-8)5-9(10)3-6/h6-10,12H,1-5H2. The van der Waals surface area contributed by atoms with Crippen molar-refractivity contribution >= 4 is 19.9 Å². The van der Waals surface area contributed by atoms with Crippen molar-refractivity contribution in [3.63, 3.8) is 0 Å². The largest absolute Gasteiger partial charge is 0.297 e. The van der Waals surface area contributed by atoms with Gasteiger partial charge in [-0.3, -0.25) is 0 Å². The van der Waals surface area contributed by atoms with Crippen molar-refractivity contribution in [2.45, 2.75) is 38.1 Å². The van der Waals surface area contributed by atoms with Crippen LogP contribution in [0.15, 0.2) is 0 Å². The summed E-state index contributed by atoms with van der Waals surface area (Å²) in [5, 5.41) is 0. The van der Waals surface area contributed by atoms with Crippen LogP contribution in [-0.4, -0.2) is 14.5 Å². The van der Waals surface area contributed by atoms with Gasteiger partial charge in [-0.2, -0.15) is 13.1 Å². The molecule has 4 saturated carbocycles. The van der Waals surface area contributed by atoms with Crippen LogP contribution in [-0.2, 0) is 9.24 Å². The molecule has 0 saturated heterocycles. The second-order valence-corrected chi connectivity index (χ2v) is 7.84. The molecule has 3 nitrogen and oxygen atoms in total. The van der Waals surface area contributed by atoms with Crippen molar-refractivity contribution in [3.8, 4) is 0 Å². The zero-order valence-corrected chi connectivity index (χ0v) is 10.1. The Bertz CT molecular complexity index is 340. The van der Waals surface area contributed by atoms with E-state index in [9.17, 15) is 8.42 Å². The Labute approximate surface area is 95.1 Å². The molecular formula is C10H16ClNO2S. The highest BCUT2D eigenvalue weighted by Crippen LogP contribution is 2.53. The van der Waals surface area contributed by atoms with Gasteiger partial charge in [0.1, 0.15) is 0 Å². The summed E-state index contributed by atoms with van der Waals surface area (Å²) in [7, 11) is 1.74. The molecule has 0 heterocycles. The van der Waals surface area contributed by atoms with Gasteiger partial charge in [0.2, 0.25) is 0 Å². The SMILES string of the molecule is O=S(=O)(Cl)NC1C2CC3CC(C2)CC1C3. The van der Waals surface area contributed by atoms with Gasteiger partial charge >= 0.3 is 0 Å². The summed E-state index contributed by atoms with van der Waals surface area (Å²) in [6.45, 7) is 0. The molecule has 0 aromatic carbocycles. The number of hydrogen-bond acceptors (Lipinski definition) is 2. The molecule has 4 aliphatic rings. The minimum absolute atomic E-state index is 0.125. The van der Waals surface area contributed by atoms with Gasteiger partial charge in [0.25, 0.3) is 9.24 Å². The van der Waals surface area contributed by atoms with Crippen LogP contribution in [0, 0.1) is 23.7 Å². The van der Waals surface area contributed by atoms with Crippen LogP contribution in [0.5, 0.6) is 0 Å². The van der Waals surface area contributed by atoms with Crippen LogP contribution < -0.4 is 4.72 Å². The van der Waals surface area contributed by atoms with Crippen LogP contribution in [0.25, 0.3) is 0 Å². The third-order valence-corrected chi connectivity index (χ3v) is 5.32. The van der Waals surface area contributed by atoms with E-state index < -0.39 is 9.24 Å². The first-order valence-electron chi connectivity index (χ1n) is 5.73. The fourth-order valence-corrected chi connectivity index (χ4v) is 5.30. The first kappa shape index (κ1) is 10.4. The molecule has 0 amide bonds. The van der Waals surface area contributed by atoms with Crippen molar-refractivity contribution in [1.29, 1.82) is 0 Å². The van der Waals surface area contributed by atoms with E-state index in [-0.39, 0.29) is 6.04 Å². The lowest BCUT2D eigenvalue weighted by Crippen LogP contribution is -2.55. The van der Waals surface area contributed by atoms with E-state index >= 15 is 0 Å². The fraction of sp³-hybridized carbons (Fsp3) is 1.00. The molecule has 4 aliphatic carbocycles. The molecular weight excluding hydrogens is 234 g/mol. The predicted molar refractivity (Wildman–Crippen MR) is 58.7 cm³/mol. The second kappa shape index (κ2) is 3.34. The van der Waals surface area contributed by atoms with Crippen molar-refractivity contribution in [2.75, 3.05) is 0 Å². The van der Waals surface area contributed by atoms with Crippen LogP contribution >= 0.6 is 10.7 Å². The average Bonchev–Trinajstić information content (AvgIpc) is 2.08. The highest BCUT2D eigenvalue weighted by atomic mass is 35.7. The van der Waals surface area contributed by atoms with E-state index in [1.165, 1.54) is 32.1 Å². The van der Waals surface area contributed by atoms with E-state index in [2.05, 4.69) is 4.72 Å². The van der Waals surface area contributed by atoms with Crippen molar-refractivity contribution in [1.82, 2.24) is 4.72 Å². The number of rotatable bonds is 2. The summed E-state index contributed by atoms with van der Waals surface area (Å²) in [6, 6.07) is 0.125. The Hall–Kier alpha value is 0.200. The Morgan fingerprint density at radius 2 is 1.40 bits per heavy atom. The molecule has 4 bridgehead atoms. The molecule has 86 valence electrons. The molecule has 5 heteroatoms. The van der Waals surface area contributed by atoms with Gasteiger partial charge in [-0.1, -0.05) is 0 Å². The molecule has 0 aromatic rings. The zero-order chi connectivity index (χ0) is 10.6. The normalized spacial score (nSPS) is 48.5. The minimum Gasteiger partial charge on any atom is -0.198 e. The Morgan fingerprint density at radius 3 is 1.80 bits per heavy atom. The lowest BCUT2D eigenvalue weighted by atomic mass is 9.54. The van der Waals surface area contributed by atoms with E-state index in [0.29, 0.717) is 11.8 Å². The summed E-state index contributed by atoms with van der Waals surface area (Å²) in [5.41, 5.74) is 0. The molecule has 15 heavy (non-hydrogen) atoms. The van der Waals surface area contributed by atoms with Gasteiger partial charge in [-0.05, 0) is 55.8 Å². The maximum Gasteiger partial charge on any atom is 0.297 e. The van der Waals surface area contributed by atoms with Gasteiger partial charge in [0, 0.05) is 16.7 Å². The van der Waals surface area contributed by atoms with Crippen molar-refractivity contribution in [2.24, 2.45) is 23.7 Å². The van der Waals surface area contributed by atoms with E-state index in [1.807, 2.05) is 0 Å². The summed E-state index contributed by atoms with van der Waals surface area (Å²) in [6.07, 6.45) is 6.20. The number of hydrogen-bond donors (Lipinski definition) is 1. The van der Waals surface area contributed by atoms with Gasteiger partial charge in [0.15, 0.2) is 0 Å². The summed E-state index contributed by atoms with van der Waals surface area (Å²) in [5.74, 6) is 2.83. The fourth-order valence-electron chi connectivity index (χ4n) is 4.28.